The standard InChI is InChI=1S/C15H12N2O8S/c1-26(23,24)14-6-5-11(8-13(14)17(21)22)15(18)25-9-10-3-2-4-12(7-10)16(19)20/h2-8H,9H2,1H3. The molecule has 11 heteroatoms. The summed E-state index contributed by atoms with van der Waals surface area (Å²) >= 11 is 0. The summed E-state index contributed by atoms with van der Waals surface area (Å²) in [7, 11) is -3.85. The summed E-state index contributed by atoms with van der Waals surface area (Å²) in [5, 5.41) is 21.8. The second-order valence-electron chi connectivity index (χ2n) is 5.21. The second kappa shape index (κ2) is 7.27. The van der Waals surface area contributed by atoms with E-state index in [1.807, 2.05) is 0 Å². The number of nitrogens with zero attached hydrogens (tertiary/aromatic N) is 2. The lowest BCUT2D eigenvalue weighted by atomic mass is 10.2. The van der Waals surface area contributed by atoms with Crippen LogP contribution in [0.15, 0.2) is 47.4 Å². The molecule has 0 radical (unpaired) electrons. The number of hydrogen-bond acceptors (Lipinski definition) is 8. The minimum atomic E-state index is -3.85. The van der Waals surface area contributed by atoms with Gasteiger partial charge in [0, 0.05) is 24.5 Å². The van der Waals surface area contributed by atoms with Crippen LogP contribution in [-0.2, 0) is 21.2 Å². The summed E-state index contributed by atoms with van der Waals surface area (Å²) in [6.45, 7) is -0.290. The van der Waals surface area contributed by atoms with Gasteiger partial charge in [0.05, 0.1) is 15.4 Å². The second-order valence-corrected chi connectivity index (χ2v) is 7.20. The van der Waals surface area contributed by atoms with E-state index >= 15 is 0 Å². The highest BCUT2D eigenvalue weighted by Gasteiger charge is 2.24. The highest BCUT2D eigenvalue weighted by Crippen LogP contribution is 2.25. The molecule has 0 bridgehead atoms. The van der Waals surface area contributed by atoms with Crippen molar-refractivity contribution in [1.82, 2.24) is 0 Å². The average Bonchev–Trinajstić information content (AvgIpc) is 2.58. The molecule has 0 unspecified atom stereocenters. The largest absolute Gasteiger partial charge is 0.457 e. The van der Waals surface area contributed by atoms with Crippen molar-refractivity contribution in [3.05, 3.63) is 73.8 Å². The van der Waals surface area contributed by atoms with E-state index in [0.717, 1.165) is 24.5 Å². The number of benzene rings is 2. The van der Waals surface area contributed by atoms with Crippen LogP contribution in [0.3, 0.4) is 0 Å². The fourth-order valence-electron chi connectivity index (χ4n) is 2.09. The zero-order valence-corrected chi connectivity index (χ0v) is 14.1. The summed E-state index contributed by atoms with van der Waals surface area (Å²) in [4.78, 5) is 31.8. The predicted octanol–water partition coefficient (Wildman–Crippen LogP) is 2.26. The molecule has 0 saturated carbocycles. The Bertz CT molecular complexity index is 1000. The van der Waals surface area contributed by atoms with Crippen molar-refractivity contribution in [2.75, 3.05) is 6.26 Å². The quantitative estimate of drug-likeness (QED) is 0.421. The van der Waals surface area contributed by atoms with Crippen LogP contribution in [-0.4, -0.2) is 30.5 Å². The molecule has 2 rings (SSSR count). The molecular weight excluding hydrogens is 368 g/mol. The lowest BCUT2D eigenvalue weighted by molar-refractivity contribution is -0.387. The number of ether oxygens (including phenoxy) is 1. The van der Waals surface area contributed by atoms with E-state index in [1.54, 1.807) is 0 Å². The third kappa shape index (κ3) is 4.39. The molecule has 0 aliphatic heterocycles. The fraction of sp³-hybridized carbons (Fsp3) is 0.133. The first-order chi connectivity index (χ1) is 12.1. The number of non-ortho nitro benzene ring substituents is 1. The summed E-state index contributed by atoms with van der Waals surface area (Å²) in [6, 6.07) is 8.30. The fourth-order valence-corrected chi connectivity index (χ4v) is 2.92. The molecule has 0 aliphatic rings. The number of hydrogen-bond donors (Lipinski definition) is 0. The van der Waals surface area contributed by atoms with Crippen molar-refractivity contribution in [2.24, 2.45) is 0 Å². The van der Waals surface area contributed by atoms with Gasteiger partial charge in [0.2, 0.25) is 0 Å². The number of carbonyl (C=O) groups excluding carboxylic acids is 1. The van der Waals surface area contributed by atoms with Gasteiger partial charge in [0.25, 0.3) is 11.4 Å². The molecule has 26 heavy (non-hydrogen) atoms. The smallest absolute Gasteiger partial charge is 0.338 e. The Balaban J connectivity index is 2.22. The van der Waals surface area contributed by atoms with Crippen molar-refractivity contribution >= 4 is 27.2 Å². The van der Waals surface area contributed by atoms with E-state index in [0.29, 0.717) is 5.56 Å². The van der Waals surface area contributed by atoms with Gasteiger partial charge in [-0.1, -0.05) is 12.1 Å². The minimum absolute atomic E-state index is 0.174. The summed E-state index contributed by atoms with van der Waals surface area (Å²) in [5.74, 6) is -0.931. The van der Waals surface area contributed by atoms with Crippen LogP contribution in [0.5, 0.6) is 0 Å². The Kier molecular flexibility index (Phi) is 5.31. The molecule has 0 atom stereocenters. The van der Waals surface area contributed by atoms with Gasteiger partial charge in [0.15, 0.2) is 9.84 Å². The predicted molar refractivity (Wildman–Crippen MR) is 88.4 cm³/mol. The topological polar surface area (TPSA) is 147 Å². The Morgan fingerprint density at radius 3 is 2.35 bits per heavy atom. The minimum Gasteiger partial charge on any atom is -0.457 e. The molecule has 0 spiro atoms. The number of carbonyl (C=O) groups is 1. The number of nitro benzene ring substituents is 2. The first-order valence-electron chi connectivity index (χ1n) is 6.98. The zero-order valence-electron chi connectivity index (χ0n) is 13.3. The average molecular weight is 380 g/mol. The highest BCUT2D eigenvalue weighted by atomic mass is 32.2. The Morgan fingerprint density at radius 1 is 1.08 bits per heavy atom. The number of nitro groups is 2. The molecule has 0 heterocycles. The summed E-state index contributed by atoms with van der Waals surface area (Å²) in [6.07, 6.45) is 0.815. The highest BCUT2D eigenvalue weighted by molar-refractivity contribution is 7.90. The van der Waals surface area contributed by atoms with Gasteiger partial charge in [-0.05, 0) is 17.7 Å². The molecule has 0 fully saturated rings. The van der Waals surface area contributed by atoms with Gasteiger partial charge in [-0.25, -0.2) is 13.2 Å². The third-order valence-electron chi connectivity index (χ3n) is 3.28. The molecule has 2 aromatic rings. The van der Waals surface area contributed by atoms with Gasteiger partial charge in [-0.15, -0.1) is 0 Å². The van der Waals surface area contributed by atoms with Gasteiger partial charge >= 0.3 is 5.97 Å². The third-order valence-corrected chi connectivity index (χ3v) is 4.43. The van der Waals surface area contributed by atoms with Crippen LogP contribution in [0, 0.1) is 20.2 Å². The first-order valence-corrected chi connectivity index (χ1v) is 8.87. The molecule has 0 N–H and O–H groups in total. The lowest BCUT2D eigenvalue weighted by Crippen LogP contribution is -2.08. The summed E-state index contributed by atoms with van der Waals surface area (Å²) in [5.41, 5.74) is -0.770. The molecule has 10 nitrogen and oxygen atoms in total. The van der Waals surface area contributed by atoms with E-state index in [2.05, 4.69) is 0 Å². The lowest BCUT2D eigenvalue weighted by Gasteiger charge is -2.06. The monoisotopic (exact) mass is 380 g/mol. The number of rotatable bonds is 6. The van der Waals surface area contributed by atoms with Crippen molar-refractivity contribution in [3.63, 3.8) is 0 Å². The molecule has 0 saturated heterocycles. The molecular formula is C15H12N2O8S. The Labute approximate surface area is 147 Å². The van der Waals surface area contributed by atoms with Crippen molar-refractivity contribution in [1.29, 1.82) is 0 Å². The SMILES string of the molecule is CS(=O)(=O)c1ccc(C(=O)OCc2cccc([N+](=O)[O-])c2)cc1[N+](=O)[O-]. The molecule has 2 aromatic carbocycles. The van der Waals surface area contributed by atoms with Crippen LogP contribution in [0.1, 0.15) is 15.9 Å². The van der Waals surface area contributed by atoms with Crippen molar-refractivity contribution in [3.8, 4) is 0 Å². The van der Waals surface area contributed by atoms with Crippen molar-refractivity contribution in [2.45, 2.75) is 11.5 Å². The van der Waals surface area contributed by atoms with Gasteiger partial charge in [-0.3, -0.25) is 20.2 Å². The normalized spacial score (nSPS) is 11.0. The molecule has 0 amide bonds. The molecule has 0 aliphatic carbocycles. The van der Waals surface area contributed by atoms with Gasteiger partial charge in [-0.2, -0.15) is 0 Å². The van der Waals surface area contributed by atoms with E-state index in [1.165, 1.54) is 24.3 Å². The first kappa shape index (κ1) is 19.0. The number of esters is 1. The maximum absolute atomic E-state index is 12.0. The van der Waals surface area contributed by atoms with Crippen LogP contribution in [0.4, 0.5) is 11.4 Å². The van der Waals surface area contributed by atoms with Crippen molar-refractivity contribution < 1.29 is 27.8 Å². The van der Waals surface area contributed by atoms with Crippen LogP contribution in [0.2, 0.25) is 0 Å². The zero-order chi connectivity index (χ0) is 19.5. The van der Waals surface area contributed by atoms with Gasteiger partial charge in [0.1, 0.15) is 11.5 Å². The summed E-state index contributed by atoms with van der Waals surface area (Å²) < 4.78 is 28.1. The van der Waals surface area contributed by atoms with Crippen LogP contribution >= 0.6 is 0 Å². The van der Waals surface area contributed by atoms with E-state index in [-0.39, 0.29) is 17.9 Å². The van der Waals surface area contributed by atoms with E-state index in [4.69, 9.17) is 4.74 Å². The maximum atomic E-state index is 12.0. The van der Waals surface area contributed by atoms with Crippen LogP contribution < -0.4 is 0 Å². The molecule has 0 aromatic heterocycles. The Morgan fingerprint density at radius 2 is 1.77 bits per heavy atom. The van der Waals surface area contributed by atoms with E-state index < -0.39 is 36.2 Å². The van der Waals surface area contributed by atoms with Crippen LogP contribution in [0.25, 0.3) is 0 Å². The van der Waals surface area contributed by atoms with E-state index in [9.17, 15) is 33.4 Å². The molecule has 136 valence electrons. The number of sulfone groups is 1. The van der Waals surface area contributed by atoms with Gasteiger partial charge < -0.3 is 4.74 Å². The maximum Gasteiger partial charge on any atom is 0.338 e. The Hall–Kier alpha value is -3.34.